The SMILES string of the molecule is NC(c1ccc2c(c1)CCC2)C1CCC(O)CC1. The van der Waals surface area contributed by atoms with E-state index >= 15 is 0 Å². The molecule has 18 heavy (non-hydrogen) atoms. The minimum Gasteiger partial charge on any atom is -0.393 e. The number of hydrogen-bond acceptors (Lipinski definition) is 2. The first-order valence-electron chi connectivity index (χ1n) is 7.29. The van der Waals surface area contributed by atoms with E-state index in [2.05, 4.69) is 18.2 Å². The van der Waals surface area contributed by atoms with Gasteiger partial charge in [-0.05, 0) is 67.6 Å². The first kappa shape index (κ1) is 12.2. The predicted octanol–water partition coefficient (Wildman–Crippen LogP) is 2.73. The highest BCUT2D eigenvalue weighted by atomic mass is 16.3. The Hall–Kier alpha value is -0.860. The maximum absolute atomic E-state index is 9.57. The average molecular weight is 245 g/mol. The predicted molar refractivity (Wildman–Crippen MR) is 73.4 cm³/mol. The zero-order valence-electron chi connectivity index (χ0n) is 10.9. The standard InChI is InChI=1S/C16H23NO/c17-16(12-6-8-15(18)9-7-12)14-5-4-11-2-1-3-13(11)10-14/h4-5,10,12,15-16,18H,1-3,6-9,17H2. The lowest BCUT2D eigenvalue weighted by Crippen LogP contribution is -2.27. The van der Waals surface area contributed by atoms with Crippen LogP contribution in [0.1, 0.15) is 54.8 Å². The lowest BCUT2D eigenvalue weighted by molar-refractivity contribution is 0.102. The van der Waals surface area contributed by atoms with E-state index in [9.17, 15) is 5.11 Å². The molecule has 0 spiro atoms. The zero-order chi connectivity index (χ0) is 12.5. The molecule has 0 amide bonds. The smallest absolute Gasteiger partial charge is 0.0540 e. The maximum atomic E-state index is 9.57. The molecule has 2 aliphatic carbocycles. The zero-order valence-corrected chi connectivity index (χ0v) is 10.9. The van der Waals surface area contributed by atoms with Gasteiger partial charge in [-0.15, -0.1) is 0 Å². The molecule has 2 aliphatic rings. The molecule has 1 saturated carbocycles. The maximum Gasteiger partial charge on any atom is 0.0540 e. The van der Waals surface area contributed by atoms with E-state index in [0.717, 1.165) is 25.7 Å². The first-order valence-corrected chi connectivity index (χ1v) is 7.29. The van der Waals surface area contributed by atoms with Crippen LogP contribution >= 0.6 is 0 Å². The summed E-state index contributed by atoms with van der Waals surface area (Å²) in [6.45, 7) is 0. The Labute approximate surface area is 109 Å². The molecule has 1 unspecified atom stereocenters. The van der Waals surface area contributed by atoms with Gasteiger partial charge < -0.3 is 10.8 Å². The van der Waals surface area contributed by atoms with Crippen LogP contribution in [0.15, 0.2) is 18.2 Å². The Morgan fingerprint density at radius 2 is 1.78 bits per heavy atom. The summed E-state index contributed by atoms with van der Waals surface area (Å²) in [5.74, 6) is 0.549. The fourth-order valence-corrected chi connectivity index (χ4v) is 3.53. The number of benzene rings is 1. The molecule has 98 valence electrons. The van der Waals surface area contributed by atoms with Crippen LogP contribution in [0.3, 0.4) is 0 Å². The summed E-state index contributed by atoms with van der Waals surface area (Å²) < 4.78 is 0. The first-order chi connectivity index (χ1) is 8.74. The quantitative estimate of drug-likeness (QED) is 0.841. The second kappa shape index (κ2) is 5.02. The van der Waals surface area contributed by atoms with Crippen molar-refractivity contribution in [1.82, 2.24) is 0 Å². The van der Waals surface area contributed by atoms with Gasteiger partial charge in [-0.25, -0.2) is 0 Å². The van der Waals surface area contributed by atoms with Crippen molar-refractivity contribution in [3.05, 3.63) is 34.9 Å². The van der Waals surface area contributed by atoms with Crippen LogP contribution < -0.4 is 5.73 Å². The van der Waals surface area contributed by atoms with Crippen LogP contribution in [0.2, 0.25) is 0 Å². The molecule has 2 heteroatoms. The molecule has 0 aromatic heterocycles. The Morgan fingerprint density at radius 1 is 1.06 bits per heavy atom. The molecule has 1 aromatic carbocycles. The minimum absolute atomic E-state index is 0.0894. The van der Waals surface area contributed by atoms with Gasteiger partial charge in [-0.1, -0.05) is 18.2 Å². The number of rotatable bonds is 2. The summed E-state index contributed by atoms with van der Waals surface area (Å²) in [6, 6.07) is 6.98. The summed E-state index contributed by atoms with van der Waals surface area (Å²) >= 11 is 0. The Balaban J connectivity index is 1.74. The van der Waals surface area contributed by atoms with Crippen molar-refractivity contribution < 1.29 is 5.11 Å². The molecule has 2 nitrogen and oxygen atoms in total. The van der Waals surface area contributed by atoms with E-state index in [4.69, 9.17) is 5.73 Å². The number of aryl methyl sites for hydroxylation is 2. The van der Waals surface area contributed by atoms with Crippen molar-refractivity contribution in [2.75, 3.05) is 0 Å². The van der Waals surface area contributed by atoms with E-state index in [1.165, 1.54) is 36.0 Å². The van der Waals surface area contributed by atoms with Gasteiger partial charge in [0.15, 0.2) is 0 Å². The molecule has 3 N–H and O–H groups in total. The molecular weight excluding hydrogens is 222 g/mol. The second-order valence-corrected chi connectivity index (χ2v) is 5.98. The van der Waals surface area contributed by atoms with E-state index in [0.29, 0.717) is 5.92 Å². The second-order valence-electron chi connectivity index (χ2n) is 5.98. The fraction of sp³-hybridized carbons (Fsp3) is 0.625. The van der Waals surface area contributed by atoms with Gasteiger partial charge in [0.1, 0.15) is 0 Å². The Morgan fingerprint density at radius 3 is 2.56 bits per heavy atom. The lowest BCUT2D eigenvalue weighted by Gasteiger charge is -2.30. The monoisotopic (exact) mass is 245 g/mol. The van der Waals surface area contributed by atoms with Crippen LogP contribution in [-0.4, -0.2) is 11.2 Å². The van der Waals surface area contributed by atoms with Gasteiger partial charge >= 0.3 is 0 Å². The molecular formula is C16H23NO. The van der Waals surface area contributed by atoms with Crippen LogP contribution in [0, 0.1) is 5.92 Å². The third kappa shape index (κ3) is 2.32. The van der Waals surface area contributed by atoms with Gasteiger partial charge in [0.05, 0.1) is 6.10 Å². The minimum atomic E-state index is -0.0894. The van der Waals surface area contributed by atoms with E-state index in [1.54, 1.807) is 0 Å². The van der Waals surface area contributed by atoms with Crippen LogP contribution in [-0.2, 0) is 12.8 Å². The number of hydrogen-bond donors (Lipinski definition) is 2. The number of nitrogens with two attached hydrogens (primary N) is 1. The summed E-state index contributed by atoms with van der Waals surface area (Å²) in [6.07, 6.45) is 7.64. The third-order valence-electron chi connectivity index (χ3n) is 4.76. The Kier molecular flexibility index (Phi) is 3.40. The van der Waals surface area contributed by atoms with Crippen molar-refractivity contribution in [1.29, 1.82) is 0 Å². The molecule has 0 heterocycles. The van der Waals surface area contributed by atoms with Crippen molar-refractivity contribution >= 4 is 0 Å². The molecule has 1 fully saturated rings. The molecule has 0 saturated heterocycles. The van der Waals surface area contributed by atoms with Crippen LogP contribution in [0.5, 0.6) is 0 Å². The topological polar surface area (TPSA) is 46.2 Å². The summed E-state index contributed by atoms with van der Waals surface area (Å²) in [7, 11) is 0. The van der Waals surface area contributed by atoms with Gasteiger partial charge in [0.25, 0.3) is 0 Å². The normalized spacial score (nSPS) is 29.0. The van der Waals surface area contributed by atoms with Crippen molar-refractivity contribution in [3.63, 3.8) is 0 Å². The molecule has 0 radical (unpaired) electrons. The molecule has 1 atom stereocenters. The van der Waals surface area contributed by atoms with Gasteiger partial charge in [0.2, 0.25) is 0 Å². The van der Waals surface area contributed by atoms with Crippen LogP contribution in [0.4, 0.5) is 0 Å². The molecule has 3 rings (SSSR count). The van der Waals surface area contributed by atoms with E-state index < -0.39 is 0 Å². The molecule has 1 aromatic rings. The highest BCUT2D eigenvalue weighted by Crippen LogP contribution is 2.34. The highest BCUT2D eigenvalue weighted by Gasteiger charge is 2.26. The van der Waals surface area contributed by atoms with Crippen molar-refractivity contribution in [2.24, 2.45) is 11.7 Å². The molecule has 0 bridgehead atoms. The van der Waals surface area contributed by atoms with Gasteiger partial charge in [-0.2, -0.15) is 0 Å². The lowest BCUT2D eigenvalue weighted by atomic mass is 9.80. The molecule has 0 aliphatic heterocycles. The van der Waals surface area contributed by atoms with E-state index in [-0.39, 0.29) is 12.1 Å². The fourth-order valence-electron chi connectivity index (χ4n) is 3.53. The Bertz CT molecular complexity index is 421. The third-order valence-corrected chi connectivity index (χ3v) is 4.76. The average Bonchev–Trinajstić information content (AvgIpc) is 2.86. The number of fused-ring (bicyclic) bond motifs is 1. The largest absolute Gasteiger partial charge is 0.393 e. The summed E-state index contributed by atoms with van der Waals surface area (Å²) in [5.41, 5.74) is 10.8. The number of aliphatic hydroxyl groups is 1. The highest BCUT2D eigenvalue weighted by molar-refractivity contribution is 5.36. The van der Waals surface area contributed by atoms with Crippen molar-refractivity contribution in [2.45, 2.75) is 57.1 Å². The number of aliphatic hydroxyl groups excluding tert-OH is 1. The summed E-state index contributed by atoms with van der Waals surface area (Å²) in [5, 5.41) is 9.57. The van der Waals surface area contributed by atoms with Crippen molar-refractivity contribution in [3.8, 4) is 0 Å². The van der Waals surface area contributed by atoms with Gasteiger partial charge in [0, 0.05) is 6.04 Å². The van der Waals surface area contributed by atoms with Crippen LogP contribution in [0.25, 0.3) is 0 Å². The van der Waals surface area contributed by atoms with E-state index in [1.807, 2.05) is 0 Å². The summed E-state index contributed by atoms with van der Waals surface area (Å²) in [4.78, 5) is 0. The van der Waals surface area contributed by atoms with Gasteiger partial charge in [-0.3, -0.25) is 0 Å².